The zero-order valence-corrected chi connectivity index (χ0v) is 14.5. The minimum absolute atomic E-state index is 0.135. The van der Waals surface area contributed by atoms with Crippen LogP contribution in [0.25, 0.3) is 0 Å². The Kier molecular flexibility index (Phi) is 5.54. The predicted molar refractivity (Wildman–Crippen MR) is 94.5 cm³/mol. The molecule has 24 heavy (non-hydrogen) atoms. The fourth-order valence-electron chi connectivity index (χ4n) is 3.86. The summed E-state index contributed by atoms with van der Waals surface area (Å²) in [4.78, 5) is 14.9. The summed E-state index contributed by atoms with van der Waals surface area (Å²) in [5, 5.41) is 16.5. The van der Waals surface area contributed by atoms with Crippen molar-refractivity contribution in [2.24, 2.45) is 5.41 Å². The lowest BCUT2D eigenvalue weighted by Crippen LogP contribution is -2.51. The SMILES string of the molecule is CC1(C(=O)NCC2CC(O)CN2Cc2ccccc2)CCCNC1. The Bertz CT molecular complexity index is 543. The number of β-amino-alcohol motifs (C(OH)–C–C–N with tert-alkyl or cyclic N) is 1. The van der Waals surface area contributed by atoms with Crippen LogP contribution in [0.5, 0.6) is 0 Å². The molecular formula is C19H29N3O2. The van der Waals surface area contributed by atoms with Crippen LogP contribution in [0.3, 0.4) is 0 Å². The molecule has 2 heterocycles. The summed E-state index contributed by atoms with van der Waals surface area (Å²) in [5.41, 5.74) is 0.936. The number of amides is 1. The maximum Gasteiger partial charge on any atom is 0.227 e. The lowest BCUT2D eigenvalue weighted by molar-refractivity contribution is -0.131. The summed E-state index contributed by atoms with van der Waals surface area (Å²) < 4.78 is 0. The average Bonchev–Trinajstić information content (AvgIpc) is 2.93. The number of likely N-dealkylation sites (tertiary alicyclic amines) is 1. The smallest absolute Gasteiger partial charge is 0.227 e. The first-order valence-corrected chi connectivity index (χ1v) is 9.02. The van der Waals surface area contributed by atoms with Crippen LogP contribution < -0.4 is 10.6 Å². The molecule has 0 spiro atoms. The molecule has 0 aliphatic carbocycles. The lowest BCUT2D eigenvalue weighted by atomic mass is 9.82. The van der Waals surface area contributed by atoms with E-state index in [0.717, 1.165) is 38.9 Å². The van der Waals surface area contributed by atoms with Gasteiger partial charge in [0.05, 0.1) is 11.5 Å². The van der Waals surface area contributed by atoms with E-state index in [1.54, 1.807) is 0 Å². The van der Waals surface area contributed by atoms with Gasteiger partial charge in [-0.05, 0) is 38.3 Å². The lowest BCUT2D eigenvalue weighted by Gasteiger charge is -2.33. The van der Waals surface area contributed by atoms with Crippen LogP contribution in [0, 0.1) is 5.41 Å². The normalized spacial score (nSPS) is 31.1. The number of hydrogen-bond acceptors (Lipinski definition) is 4. The third-order valence-electron chi connectivity index (χ3n) is 5.38. The molecule has 0 aromatic heterocycles. The minimum Gasteiger partial charge on any atom is -0.392 e. The van der Waals surface area contributed by atoms with Crippen molar-refractivity contribution in [3.05, 3.63) is 35.9 Å². The van der Waals surface area contributed by atoms with E-state index in [1.165, 1.54) is 5.56 Å². The van der Waals surface area contributed by atoms with Gasteiger partial charge in [-0.15, -0.1) is 0 Å². The van der Waals surface area contributed by atoms with Gasteiger partial charge in [-0.1, -0.05) is 30.3 Å². The molecule has 0 radical (unpaired) electrons. The Hall–Kier alpha value is -1.43. The molecule has 0 saturated carbocycles. The monoisotopic (exact) mass is 331 g/mol. The molecule has 3 rings (SSSR count). The van der Waals surface area contributed by atoms with Crippen LogP contribution in [-0.2, 0) is 11.3 Å². The first-order chi connectivity index (χ1) is 11.6. The van der Waals surface area contributed by atoms with Gasteiger partial charge < -0.3 is 15.7 Å². The highest BCUT2D eigenvalue weighted by Gasteiger charge is 2.36. The molecular weight excluding hydrogens is 302 g/mol. The van der Waals surface area contributed by atoms with E-state index in [9.17, 15) is 9.90 Å². The van der Waals surface area contributed by atoms with Gasteiger partial charge in [0.15, 0.2) is 0 Å². The predicted octanol–water partition coefficient (Wildman–Crippen LogP) is 1.13. The number of aliphatic hydroxyl groups is 1. The van der Waals surface area contributed by atoms with Gasteiger partial charge in [-0.3, -0.25) is 9.69 Å². The number of aliphatic hydroxyl groups excluding tert-OH is 1. The summed E-state index contributed by atoms with van der Waals surface area (Å²) in [5.74, 6) is 0.135. The average molecular weight is 331 g/mol. The molecule has 2 saturated heterocycles. The van der Waals surface area contributed by atoms with E-state index in [0.29, 0.717) is 13.1 Å². The molecule has 1 aromatic carbocycles. The molecule has 2 aliphatic rings. The highest BCUT2D eigenvalue weighted by Crippen LogP contribution is 2.26. The van der Waals surface area contributed by atoms with Crippen molar-refractivity contribution in [2.75, 3.05) is 26.2 Å². The van der Waals surface area contributed by atoms with E-state index in [2.05, 4.69) is 27.7 Å². The molecule has 0 bridgehead atoms. The van der Waals surface area contributed by atoms with Gasteiger partial charge in [0.2, 0.25) is 5.91 Å². The zero-order valence-electron chi connectivity index (χ0n) is 14.5. The van der Waals surface area contributed by atoms with Crippen molar-refractivity contribution in [1.82, 2.24) is 15.5 Å². The Morgan fingerprint density at radius 3 is 2.92 bits per heavy atom. The Morgan fingerprint density at radius 2 is 2.21 bits per heavy atom. The number of carbonyl (C=O) groups excluding carboxylic acids is 1. The molecule has 1 amide bonds. The summed E-state index contributed by atoms with van der Waals surface area (Å²) >= 11 is 0. The van der Waals surface area contributed by atoms with Crippen molar-refractivity contribution in [2.45, 2.75) is 44.9 Å². The summed E-state index contributed by atoms with van der Waals surface area (Å²) in [7, 11) is 0. The molecule has 3 atom stereocenters. The van der Waals surface area contributed by atoms with Gasteiger partial charge in [-0.2, -0.15) is 0 Å². The second-order valence-corrected chi connectivity index (χ2v) is 7.51. The maximum atomic E-state index is 12.6. The number of nitrogens with zero attached hydrogens (tertiary/aromatic N) is 1. The largest absolute Gasteiger partial charge is 0.392 e. The highest BCUT2D eigenvalue weighted by molar-refractivity contribution is 5.82. The first kappa shape index (κ1) is 17.4. The van der Waals surface area contributed by atoms with Gasteiger partial charge in [-0.25, -0.2) is 0 Å². The van der Waals surface area contributed by atoms with Crippen LogP contribution in [0.1, 0.15) is 31.7 Å². The topological polar surface area (TPSA) is 64.6 Å². The van der Waals surface area contributed by atoms with Crippen LogP contribution in [0.15, 0.2) is 30.3 Å². The molecule has 132 valence electrons. The first-order valence-electron chi connectivity index (χ1n) is 9.02. The van der Waals surface area contributed by atoms with Crippen molar-refractivity contribution >= 4 is 5.91 Å². The summed E-state index contributed by atoms with van der Waals surface area (Å²) in [6, 6.07) is 10.5. The fraction of sp³-hybridized carbons (Fsp3) is 0.632. The van der Waals surface area contributed by atoms with Gasteiger partial charge in [0, 0.05) is 32.2 Å². The van der Waals surface area contributed by atoms with E-state index in [-0.39, 0.29) is 23.5 Å². The molecule has 3 N–H and O–H groups in total. The molecule has 3 unspecified atom stereocenters. The van der Waals surface area contributed by atoms with Gasteiger partial charge >= 0.3 is 0 Å². The fourth-order valence-corrected chi connectivity index (χ4v) is 3.86. The molecule has 5 heteroatoms. The number of piperidine rings is 1. The Morgan fingerprint density at radius 1 is 1.42 bits per heavy atom. The van der Waals surface area contributed by atoms with Crippen molar-refractivity contribution in [3.8, 4) is 0 Å². The van der Waals surface area contributed by atoms with E-state index < -0.39 is 0 Å². The zero-order chi connectivity index (χ0) is 17.0. The number of nitrogens with one attached hydrogen (secondary N) is 2. The molecule has 2 fully saturated rings. The van der Waals surface area contributed by atoms with Crippen molar-refractivity contribution in [3.63, 3.8) is 0 Å². The van der Waals surface area contributed by atoms with Crippen LogP contribution in [-0.4, -0.2) is 54.2 Å². The third-order valence-corrected chi connectivity index (χ3v) is 5.38. The second kappa shape index (κ2) is 7.64. The summed E-state index contributed by atoms with van der Waals surface area (Å²) in [6.07, 6.45) is 2.41. The van der Waals surface area contributed by atoms with Gasteiger partial charge in [0.1, 0.15) is 0 Å². The van der Waals surface area contributed by atoms with E-state index in [1.807, 2.05) is 25.1 Å². The number of carbonyl (C=O) groups is 1. The Balaban J connectivity index is 1.55. The van der Waals surface area contributed by atoms with Crippen LogP contribution in [0.4, 0.5) is 0 Å². The quantitative estimate of drug-likeness (QED) is 0.757. The van der Waals surface area contributed by atoms with Crippen molar-refractivity contribution in [1.29, 1.82) is 0 Å². The summed E-state index contributed by atoms with van der Waals surface area (Å²) in [6.45, 7) is 5.89. The third kappa shape index (κ3) is 4.15. The van der Waals surface area contributed by atoms with Crippen molar-refractivity contribution < 1.29 is 9.90 Å². The van der Waals surface area contributed by atoms with Crippen LogP contribution >= 0.6 is 0 Å². The highest BCUT2D eigenvalue weighted by atomic mass is 16.3. The number of hydrogen-bond donors (Lipinski definition) is 3. The van der Waals surface area contributed by atoms with Gasteiger partial charge in [0.25, 0.3) is 0 Å². The number of rotatable bonds is 5. The standard InChI is InChI=1S/C19H29N3O2/c1-19(8-5-9-20-14-19)18(24)21-11-16-10-17(23)13-22(16)12-15-6-3-2-4-7-15/h2-4,6-7,16-17,20,23H,5,8-14H2,1H3,(H,21,24). The molecule has 2 aliphatic heterocycles. The number of benzene rings is 1. The van der Waals surface area contributed by atoms with E-state index >= 15 is 0 Å². The molecule has 5 nitrogen and oxygen atoms in total. The Labute approximate surface area is 144 Å². The maximum absolute atomic E-state index is 12.6. The second-order valence-electron chi connectivity index (χ2n) is 7.51. The minimum atomic E-state index is -0.306. The van der Waals surface area contributed by atoms with E-state index in [4.69, 9.17) is 0 Å². The van der Waals surface area contributed by atoms with Crippen LogP contribution in [0.2, 0.25) is 0 Å². The molecule has 1 aromatic rings.